The Morgan fingerprint density at radius 1 is 1.32 bits per heavy atom. The molecule has 0 aromatic carbocycles. The van der Waals surface area contributed by atoms with Crippen molar-refractivity contribution in [3.63, 3.8) is 0 Å². The summed E-state index contributed by atoms with van der Waals surface area (Å²) in [5.74, 6) is 0.929. The lowest BCUT2D eigenvalue weighted by molar-refractivity contribution is 0.0726. The first-order valence-electron chi connectivity index (χ1n) is 7.69. The maximum Gasteiger partial charge on any atom is 0.0596 e. The Hall–Kier alpha value is -0.870. The van der Waals surface area contributed by atoms with Gasteiger partial charge in [0.2, 0.25) is 0 Å². The van der Waals surface area contributed by atoms with Crippen molar-refractivity contribution in [2.24, 2.45) is 5.92 Å². The van der Waals surface area contributed by atoms with E-state index in [-0.39, 0.29) is 0 Å². The Balaban J connectivity index is 1.40. The molecule has 4 nitrogen and oxygen atoms in total. The summed E-state index contributed by atoms with van der Waals surface area (Å²) in [7, 11) is 0. The van der Waals surface area contributed by atoms with E-state index in [1.54, 1.807) is 0 Å². The van der Waals surface area contributed by atoms with Crippen LogP contribution in [0, 0.1) is 19.8 Å². The molecule has 3 aliphatic heterocycles. The van der Waals surface area contributed by atoms with Gasteiger partial charge in [0.15, 0.2) is 0 Å². The van der Waals surface area contributed by atoms with Gasteiger partial charge in [-0.3, -0.25) is 4.68 Å². The summed E-state index contributed by atoms with van der Waals surface area (Å²) in [6.45, 7) is 10.3. The van der Waals surface area contributed by atoms with E-state index in [0.29, 0.717) is 0 Å². The molecule has 4 rings (SSSR count). The molecule has 1 atom stereocenters. The maximum absolute atomic E-state index is 4.51. The van der Waals surface area contributed by atoms with Crippen molar-refractivity contribution >= 4 is 0 Å². The summed E-state index contributed by atoms with van der Waals surface area (Å²) in [6.07, 6.45) is 3.97. The highest BCUT2D eigenvalue weighted by atomic mass is 15.3. The number of rotatable bonds is 5. The SMILES string of the molecule is Cc1cc(C)n(CCCNC2CN3CCC2CC3)n1. The van der Waals surface area contributed by atoms with Crippen LogP contribution in [0.5, 0.6) is 0 Å². The van der Waals surface area contributed by atoms with Crippen molar-refractivity contribution in [1.29, 1.82) is 0 Å². The molecular weight excluding hydrogens is 236 g/mol. The first-order chi connectivity index (χ1) is 9.22. The smallest absolute Gasteiger partial charge is 0.0596 e. The molecule has 4 heteroatoms. The minimum atomic E-state index is 0.739. The highest BCUT2D eigenvalue weighted by molar-refractivity contribution is 5.06. The van der Waals surface area contributed by atoms with Crippen molar-refractivity contribution in [2.75, 3.05) is 26.2 Å². The van der Waals surface area contributed by atoms with E-state index in [1.807, 2.05) is 0 Å². The zero-order valence-electron chi connectivity index (χ0n) is 12.2. The topological polar surface area (TPSA) is 33.1 Å². The number of nitrogens with one attached hydrogen (secondary N) is 1. The van der Waals surface area contributed by atoms with E-state index >= 15 is 0 Å². The number of piperidine rings is 3. The fraction of sp³-hybridized carbons (Fsp3) is 0.800. The Morgan fingerprint density at radius 2 is 2.11 bits per heavy atom. The van der Waals surface area contributed by atoms with Crippen LogP contribution in [0.3, 0.4) is 0 Å². The molecule has 0 spiro atoms. The summed E-state index contributed by atoms with van der Waals surface area (Å²) in [6, 6.07) is 2.89. The van der Waals surface area contributed by atoms with E-state index in [4.69, 9.17) is 0 Å². The van der Waals surface area contributed by atoms with Gasteiger partial charge in [0, 0.05) is 24.8 Å². The van der Waals surface area contributed by atoms with Crippen molar-refractivity contribution < 1.29 is 0 Å². The Kier molecular flexibility index (Phi) is 3.89. The Morgan fingerprint density at radius 3 is 2.68 bits per heavy atom. The number of aryl methyl sites for hydroxylation is 3. The Bertz CT molecular complexity index is 418. The monoisotopic (exact) mass is 262 g/mol. The molecule has 0 amide bonds. The molecule has 0 radical (unpaired) electrons. The third-order valence-corrected chi connectivity index (χ3v) is 4.71. The van der Waals surface area contributed by atoms with Crippen LogP contribution in [0.4, 0.5) is 0 Å². The predicted molar refractivity (Wildman–Crippen MR) is 77.3 cm³/mol. The van der Waals surface area contributed by atoms with Gasteiger partial charge in [-0.2, -0.15) is 5.10 Å². The van der Waals surface area contributed by atoms with Gasteiger partial charge in [-0.25, -0.2) is 0 Å². The first kappa shape index (κ1) is 13.1. The lowest BCUT2D eigenvalue weighted by Crippen LogP contribution is -2.56. The van der Waals surface area contributed by atoms with Gasteiger partial charge in [0.25, 0.3) is 0 Å². The summed E-state index contributed by atoms with van der Waals surface area (Å²) in [5, 5.41) is 8.28. The maximum atomic E-state index is 4.51. The zero-order valence-corrected chi connectivity index (χ0v) is 12.2. The van der Waals surface area contributed by atoms with Crippen LogP contribution in [-0.4, -0.2) is 46.9 Å². The lowest BCUT2D eigenvalue weighted by Gasteiger charge is -2.45. The van der Waals surface area contributed by atoms with Gasteiger partial charge in [-0.05, 0) is 64.7 Å². The minimum Gasteiger partial charge on any atom is -0.312 e. The number of nitrogens with zero attached hydrogens (tertiary/aromatic N) is 3. The highest BCUT2D eigenvalue weighted by Gasteiger charge is 2.33. The van der Waals surface area contributed by atoms with E-state index in [9.17, 15) is 0 Å². The molecular formula is C15H26N4. The van der Waals surface area contributed by atoms with Gasteiger partial charge in [-0.15, -0.1) is 0 Å². The van der Waals surface area contributed by atoms with E-state index < -0.39 is 0 Å². The number of fused-ring (bicyclic) bond motifs is 3. The number of hydrogen-bond acceptors (Lipinski definition) is 3. The van der Waals surface area contributed by atoms with Gasteiger partial charge < -0.3 is 10.2 Å². The molecule has 2 bridgehead atoms. The standard InChI is InChI=1S/C15H26N4/c1-12-10-13(2)19(17-12)7-3-6-16-15-11-18-8-4-14(15)5-9-18/h10,14-16H,3-9,11H2,1-2H3. The molecule has 3 fully saturated rings. The summed E-state index contributed by atoms with van der Waals surface area (Å²) >= 11 is 0. The van der Waals surface area contributed by atoms with Gasteiger partial charge in [-0.1, -0.05) is 0 Å². The van der Waals surface area contributed by atoms with Crippen molar-refractivity contribution in [3.05, 3.63) is 17.5 Å². The third kappa shape index (κ3) is 3.00. The van der Waals surface area contributed by atoms with E-state index in [1.165, 1.54) is 44.6 Å². The van der Waals surface area contributed by atoms with Crippen LogP contribution < -0.4 is 5.32 Å². The molecule has 0 aliphatic carbocycles. The quantitative estimate of drug-likeness (QED) is 0.818. The van der Waals surface area contributed by atoms with Crippen molar-refractivity contribution in [2.45, 2.75) is 45.7 Å². The van der Waals surface area contributed by atoms with Crippen LogP contribution >= 0.6 is 0 Å². The second-order valence-electron chi connectivity index (χ2n) is 6.20. The highest BCUT2D eigenvalue weighted by Crippen LogP contribution is 2.27. The average molecular weight is 262 g/mol. The molecule has 1 aromatic rings. The molecule has 19 heavy (non-hydrogen) atoms. The first-order valence-corrected chi connectivity index (χ1v) is 7.69. The molecule has 1 unspecified atom stereocenters. The van der Waals surface area contributed by atoms with Crippen molar-refractivity contribution in [1.82, 2.24) is 20.0 Å². The summed E-state index contributed by atoms with van der Waals surface area (Å²) in [5.41, 5.74) is 2.41. The molecule has 4 heterocycles. The Labute approximate surface area is 116 Å². The second-order valence-corrected chi connectivity index (χ2v) is 6.20. The fourth-order valence-corrected chi connectivity index (χ4v) is 3.61. The van der Waals surface area contributed by atoms with Gasteiger partial charge in [0.1, 0.15) is 0 Å². The molecule has 3 aliphatic rings. The second kappa shape index (κ2) is 5.63. The van der Waals surface area contributed by atoms with Crippen LogP contribution in [-0.2, 0) is 6.54 Å². The van der Waals surface area contributed by atoms with Gasteiger partial charge in [0.05, 0.1) is 5.69 Å². The van der Waals surface area contributed by atoms with Crippen LogP contribution in [0.1, 0.15) is 30.7 Å². The van der Waals surface area contributed by atoms with E-state index in [0.717, 1.165) is 30.7 Å². The average Bonchev–Trinajstić information content (AvgIpc) is 2.74. The third-order valence-electron chi connectivity index (χ3n) is 4.71. The molecule has 1 N–H and O–H groups in total. The van der Waals surface area contributed by atoms with Crippen molar-refractivity contribution in [3.8, 4) is 0 Å². The van der Waals surface area contributed by atoms with E-state index in [2.05, 4.69) is 39.9 Å². The number of hydrogen-bond donors (Lipinski definition) is 1. The number of aromatic nitrogens is 2. The van der Waals surface area contributed by atoms with Crippen LogP contribution in [0.15, 0.2) is 6.07 Å². The normalized spacial score (nSPS) is 29.9. The molecule has 0 saturated carbocycles. The lowest BCUT2D eigenvalue weighted by atomic mass is 9.84. The summed E-state index contributed by atoms with van der Waals surface area (Å²) in [4.78, 5) is 2.61. The van der Waals surface area contributed by atoms with Crippen LogP contribution in [0.25, 0.3) is 0 Å². The largest absolute Gasteiger partial charge is 0.312 e. The fourth-order valence-electron chi connectivity index (χ4n) is 3.61. The summed E-state index contributed by atoms with van der Waals surface area (Å²) < 4.78 is 2.13. The molecule has 3 saturated heterocycles. The molecule has 106 valence electrons. The van der Waals surface area contributed by atoms with Crippen LogP contribution in [0.2, 0.25) is 0 Å². The zero-order chi connectivity index (χ0) is 13.2. The minimum absolute atomic E-state index is 0.739. The van der Waals surface area contributed by atoms with Gasteiger partial charge >= 0.3 is 0 Å². The molecule has 1 aromatic heterocycles. The predicted octanol–water partition coefficient (Wildman–Crippen LogP) is 1.57.